The van der Waals surface area contributed by atoms with Crippen LogP contribution in [0.5, 0.6) is 0 Å². The van der Waals surface area contributed by atoms with Gasteiger partial charge in [-0.2, -0.15) is 5.10 Å². The van der Waals surface area contributed by atoms with Crippen molar-refractivity contribution in [2.75, 3.05) is 24.7 Å². The molecule has 1 heterocycles. The summed E-state index contributed by atoms with van der Waals surface area (Å²) in [4.78, 5) is 21.5. The van der Waals surface area contributed by atoms with Crippen molar-refractivity contribution in [2.24, 2.45) is 5.10 Å². The van der Waals surface area contributed by atoms with E-state index in [1.165, 1.54) is 11.8 Å². The molecule has 0 spiro atoms. The van der Waals surface area contributed by atoms with Crippen LogP contribution in [0.4, 0.5) is 5.69 Å². The normalized spacial score (nSPS) is 11.1. The minimum atomic E-state index is -0.174. The Morgan fingerprint density at radius 2 is 2.00 bits per heavy atom. The quantitative estimate of drug-likeness (QED) is 0.406. The fourth-order valence-corrected chi connectivity index (χ4v) is 2.88. The maximum absolute atomic E-state index is 11.9. The molecule has 7 heteroatoms. The number of nitrogens with one attached hydrogen (secondary N) is 2. The van der Waals surface area contributed by atoms with Gasteiger partial charge in [0.25, 0.3) is 5.91 Å². The number of aromatic amines is 1. The van der Waals surface area contributed by atoms with Crippen molar-refractivity contribution in [1.29, 1.82) is 0 Å². The summed E-state index contributed by atoms with van der Waals surface area (Å²) in [5.41, 5.74) is 6.43. The summed E-state index contributed by atoms with van der Waals surface area (Å²) in [5, 5.41) is 4.71. The molecule has 0 radical (unpaired) electrons. The van der Waals surface area contributed by atoms with E-state index in [2.05, 4.69) is 20.5 Å². The second-order valence-electron chi connectivity index (χ2n) is 5.63. The number of carbonyl (C=O) groups is 1. The van der Waals surface area contributed by atoms with Crippen LogP contribution < -0.4 is 10.3 Å². The summed E-state index contributed by atoms with van der Waals surface area (Å²) in [6, 6.07) is 15.7. The third-order valence-electron chi connectivity index (χ3n) is 3.52. The van der Waals surface area contributed by atoms with Gasteiger partial charge in [-0.15, -0.1) is 0 Å². The molecule has 0 atom stereocenters. The highest BCUT2D eigenvalue weighted by molar-refractivity contribution is 7.99. The summed E-state index contributed by atoms with van der Waals surface area (Å²) in [6.45, 7) is 0. The summed E-state index contributed by atoms with van der Waals surface area (Å²) in [6.07, 6.45) is 1.63. The van der Waals surface area contributed by atoms with Crippen LogP contribution in [0.2, 0.25) is 0 Å². The van der Waals surface area contributed by atoms with Gasteiger partial charge in [-0.05, 0) is 29.8 Å². The number of hydrazone groups is 1. The van der Waals surface area contributed by atoms with Crippen LogP contribution in [0.25, 0.3) is 11.0 Å². The maximum Gasteiger partial charge on any atom is 0.250 e. The molecule has 0 saturated carbocycles. The summed E-state index contributed by atoms with van der Waals surface area (Å²) in [5.74, 6) is 0.0723. The van der Waals surface area contributed by atoms with Crippen molar-refractivity contribution in [3.63, 3.8) is 0 Å². The van der Waals surface area contributed by atoms with Crippen LogP contribution >= 0.6 is 11.8 Å². The van der Waals surface area contributed by atoms with Crippen molar-refractivity contribution in [2.45, 2.75) is 5.16 Å². The van der Waals surface area contributed by atoms with Crippen LogP contribution in [-0.2, 0) is 4.79 Å². The Balaban J connectivity index is 1.48. The lowest BCUT2D eigenvalue weighted by Gasteiger charge is -2.11. The topological polar surface area (TPSA) is 73.4 Å². The molecule has 25 heavy (non-hydrogen) atoms. The number of aromatic nitrogens is 2. The average Bonchev–Trinajstić information content (AvgIpc) is 3.03. The van der Waals surface area contributed by atoms with E-state index in [4.69, 9.17) is 0 Å². The van der Waals surface area contributed by atoms with Crippen molar-refractivity contribution in [3.8, 4) is 0 Å². The lowest BCUT2D eigenvalue weighted by atomic mass is 10.2. The Bertz CT molecular complexity index is 853. The molecule has 3 rings (SSSR count). The van der Waals surface area contributed by atoms with E-state index in [9.17, 15) is 4.79 Å². The van der Waals surface area contributed by atoms with Gasteiger partial charge in [-0.3, -0.25) is 4.79 Å². The average molecular weight is 353 g/mol. The zero-order valence-electron chi connectivity index (χ0n) is 14.1. The van der Waals surface area contributed by atoms with E-state index in [1.807, 2.05) is 67.5 Å². The molecule has 0 bridgehead atoms. The molecule has 2 N–H and O–H groups in total. The van der Waals surface area contributed by atoms with Crippen molar-refractivity contribution in [1.82, 2.24) is 15.4 Å². The summed E-state index contributed by atoms with van der Waals surface area (Å²) in [7, 11) is 3.98. The van der Waals surface area contributed by atoms with Gasteiger partial charge >= 0.3 is 0 Å². The molecule has 6 nitrogen and oxygen atoms in total. The van der Waals surface area contributed by atoms with Gasteiger partial charge in [0.15, 0.2) is 5.16 Å². The number of anilines is 1. The van der Waals surface area contributed by atoms with Gasteiger partial charge in [0, 0.05) is 19.8 Å². The zero-order valence-corrected chi connectivity index (χ0v) is 14.9. The first-order chi connectivity index (χ1) is 12.1. The van der Waals surface area contributed by atoms with Gasteiger partial charge < -0.3 is 9.88 Å². The minimum Gasteiger partial charge on any atom is -0.378 e. The molecule has 0 fully saturated rings. The van der Waals surface area contributed by atoms with Crippen LogP contribution in [0.3, 0.4) is 0 Å². The smallest absolute Gasteiger partial charge is 0.250 e. The second kappa shape index (κ2) is 7.85. The Kier molecular flexibility index (Phi) is 5.35. The van der Waals surface area contributed by atoms with Crippen molar-refractivity contribution >= 4 is 40.6 Å². The number of thioether (sulfide) groups is 1. The molecule has 0 saturated heterocycles. The van der Waals surface area contributed by atoms with E-state index >= 15 is 0 Å². The highest BCUT2D eigenvalue weighted by Crippen LogP contribution is 2.18. The maximum atomic E-state index is 11.9. The Morgan fingerprint density at radius 1 is 1.24 bits per heavy atom. The van der Waals surface area contributed by atoms with E-state index in [1.54, 1.807) is 6.21 Å². The number of imidazole rings is 1. The number of carbonyl (C=O) groups excluding carboxylic acids is 1. The standard InChI is InChI=1S/C18H19N5OS/c1-23(2)14-9-7-13(8-10-14)11-19-22-17(24)12-25-18-20-15-5-3-4-6-16(15)21-18/h3-11H,12H2,1-2H3,(H,20,21)(H,22,24). The monoisotopic (exact) mass is 353 g/mol. The number of H-pyrrole nitrogens is 1. The molecule has 1 aromatic heterocycles. The number of fused-ring (bicyclic) bond motifs is 1. The molecule has 0 unspecified atom stereocenters. The van der Waals surface area contributed by atoms with E-state index in [0.29, 0.717) is 0 Å². The molecule has 0 aliphatic carbocycles. The lowest BCUT2D eigenvalue weighted by Crippen LogP contribution is -2.19. The zero-order chi connectivity index (χ0) is 17.6. The molecule has 128 valence electrons. The Hall–Kier alpha value is -2.80. The minimum absolute atomic E-state index is 0.174. The number of benzene rings is 2. The van der Waals surface area contributed by atoms with Gasteiger partial charge in [-0.1, -0.05) is 36.0 Å². The third kappa shape index (κ3) is 4.60. The number of amides is 1. The summed E-state index contributed by atoms with van der Waals surface area (Å²) >= 11 is 1.35. The number of rotatable bonds is 6. The third-order valence-corrected chi connectivity index (χ3v) is 4.39. The molecule has 0 aliphatic heterocycles. The predicted molar refractivity (Wildman–Crippen MR) is 103 cm³/mol. The first-order valence-corrected chi connectivity index (χ1v) is 8.77. The van der Waals surface area contributed by atoms with Gasteiger partial charge in [0.1, 0.15) is 0 Å². The van der Waals surface area contributed by atoms with Gasteiger partial charge in [0.05, 0.1) is 23.0 Å². The Morgan fingerprint density at radius 3 is 2.72 bits per heavy atom. The number of para-hydroxylation sites is 2. The number of hydrogen-bond donors (Lipinski definition) is 2. The van der Waals surface area contributed by atoms with E-state index in [-0.39, 0.29) is 11.7 Å². The SMILES string of the molecule is CN(C)c1ccc(C=NNC(=O)CSc2nc3ccccc3[nH]2)cc1. The van der Waals surface area contributed by atoms with E-state index in [0.717, 1.165) is 27.4 Å². The fraction of sp³-hybridized carbons (Fsp3) is 0.167. The van der Waals surface area contributed by atoms with Crippen molar-refractivity contribution < 1.29 is 4.79 Å². The van der Waals surface area contributed by atoms with Crippen LogP contribution in [0.15, 0.2) is 58.8 Å². The first kappa shape index (κ1) is 17.0. The predicted octanol–water partition coefficient (Wildman–Crippen LogP) is 2.87. The molecular weight excluding hydrogens is 334 g/mol. The number of hydrogen-bond acceptors (Lipinski definition) is 5. The van der Waals surface area contributed by atoms with Crippen molar-refractivity contribution in [3.05, 3.63) is 54.1 Å². The molecular formula is C18H19N5OS. The molecule has 1 amide bonds. The highest BCUT2D eigenvalue weighted by Gasteiger charge is 2.06. The molecule has 2 aromatic carbocycles. The second-order valence-corrected chi connectivity index (χ2v) is 6.59. The van der Waals surface area contributed by atoms with Crippen LogP contribution in [0, 0.1) is 0 Å². The largest absolute Gasteiger partial charge is 0.378 e. The lowest BCUT2D eigenvalue weighted by molar-refractivity contribution is -0.118. The fourth-order valence-electron chi connectivity index (χ4n) is 2.20. The molecule has 0 aliphatic rings. The Labute approximate surface area is 150 Å². The first-order valence-electron chi connectivity index (χ1n) is 7.78. The summed E-state index contributed by atoms with van der Waals surface area (Å²) < 4.78 is 0. The van der Waals surface area contributed by atoms with E-state index < -0.39 is 0 Å². The van der Waals surface area contributed by atoms with Gasteiger partial charge in [-0.25, -0.2) is 10.4 Å². The number of nitrogens with zero attached hydrogens (tertiary/aromatic N) is 3. The van der Waals surface area contributed by atoms with Crippen LogP contribution in [0.1, 0.15) is 5.56 Å². The molecule has 3 aromatic rings. The van der Waals surface area contributed by atoms with Crippen LogP contribution in [-0.4, -0.2) is 41.9 Å². The van der Waals surface area contributed by atoms with Gasteiger partial charge in [0.2, 0.25) is 0 Å². The highest BCUT2D eigenvalue weighted by atomic mass is 32.2.